The number of aromatic nitrogens is 1. The normalized spacial score (nSPS) is 10.4. The first-order chi connectivity index (χ1) is 15.1. The van der Waals surface area contributed by atoms with Gasteiger partial charge in [0.1, 0.15) is 5.75 Å². The second kappa shape index (κ2) is 11.5. The average Bonchev–Trinajstić information content (AvgIpc) is 2.79. The molecule has 0 saturated carbocycles. The van der Waals surface area contributed by atoms with E-state index in [1.54, 1.807) is 18.3 Å². The van der Waals surface area contributed by atoms with E-state index in [0.29, 0.717) is 30.8 Å². The van der Waals surface area contributed by atoms with Gasteiger partial charge in [-0.2, -0.15) is 0 Å². The fourth-order valence-corrected chi connectivity index (χ4v) is 2.98. The number of aryl methyl sites for hydroxylation is 1. The molecule has 0 atom stereocenters. The largest absolute Gasteiger partial charge is 0.494 e. The van der Waals surface area contributed by atoms with Crippen LogP contribution in [0.15, 0.2) is 73.1 Å². The van der Waals surface area contributed by atoms with Gasteiger partial charge in [0.05, 0.1) is 12.2 Å². The number of pyridine rings is 1. The summed E-state index contributed by atoms with van der Waals surface area (Å²) in [4.78, 5) is 28.1. The SMILES string of the molecule is Cc1cccc(OCCCCC(=O)NCc2ccc(NC(=O)c3cccnc3)cc2)c1. The lowest BCUT2D eigenvalue weighted by atomic mass is 10.2. The van der Waals surface area contributed by atoms with Crippen molar-refractivity contribution in [2.24, 2.45) is 0 Å². The third-order valence-electron chi connectivity index (χ3n) is 4.68. The topological polar surface area (TPSA) is 80.3 Å². The number of unbranched alkanes of at least 4 members (excludes halogenated alkanes) is 1. The van der Waals surface area contributed by atoms with Crippen molar-refractivity contribution in [2.45, 2.75) is 32.7 Å². The number of nitrogens with zero attached hydrogens (tertiary/aromatic N) is 1. The third kappa shape index (κ3) is 7.59. The first kappa shape index (κ1) is 22.0. The monoisotopic (exact) mass is 417 g/mol. The number of anilines is 1. The predicted molar refractivity (Wildman–Crippen MR) is 121 cm³/mol. The van der Waals surface area contributed by atoms with E-state index < -0.39 is 0 Å². The summed E-state index contributed by atoms with van der Waals surface area (Å²) >= 11 is 0. The summed E-state index contributed by atoms with van der Waals surface area (Å²) in [5, 5.41) is 5.75. The predicted octanol–water partition coefficient (Wildman–Crippen LogP) is 4.51. The van der Waals surface area contributed by atoms with Crippen molar-refractivity contribution >= 4 is 17.5 Å². The van der Waals surface area contributed by atoms with E-state index in [1.165, 1.54) is 11.8 Å². The molecule has 0 spiro atoms. The number of nitrogens with one attached hydrogen (secondary N) is 2. The molecule has 6 nitrogen and oxygen atoms in total. The van der Waals surface area contributed by atoms with Crippen LogP contribution in [0, 0.1) is 6.92 Å². The average molecular weight is 418 g/mol. The number of hydrogen-bond donors (Lipinski definition) is 2. The van der Waals surface area contributed by atoms with Crippen LogP contribution in [0.1, 0.15) is 40.7 Å². The lowest BCUT2D eigenvalue weighted by Gasteiger charge is -2.09. The summed E-state index contributed by atoms with van der Waals surface area (Å²) in [6.07, 6.45) is 5.22. The van der Waals surface area contributed by atoms with Gasteiger partial charge < -0.3 is 15.4 Å². The van der Waals surface area contributed by atoms with Crippen molar-refractivity contribution in [3.05, 3.63) is 89.7 Å². The van der Waals surface area contributed by atoms with Gasteiger partial charge in [0.15, 0.2) is 0 Å². The number of carbonyl (C=O) groups is 2. The zero-order valence-corrected chi connectivity index (χ0v) is 17.6. The van der Waals surface area contributed by atoms with Crippen molar-refractivity contribution in [2.75, 3.05) is 11.9 Å². The highest BCUT2D eigenvalue weighted by Gasteiger charge is 2.06. The number of rotatable bonds is 10. The van der Waals surface area contributed by atoms with Crippen LogP contribution in [0.2, 0.25) is 0 Å². The molecule has 1 aromatic heterocycles. The molecule has 0 unspecified atom stereocenters. The van der Waals surface area contributed by atoms with Gasteiger partial charge >= 0.3 is 0 Å². The van der Waals surface area contributed by atoms with Crippen molar-refractivity contribution in [3.63, 3.8) is 0 Å². The van der Waals surface area contributed by atoms with Crippen molar-refractivity contribution in [1.82, 2.24) is 10.3 Å². The van der Waals surface area contributed by atoms with Gasteiger partial charge in [-0.15, -0.1) is 0 Å². The third-order valence-corrected chi connectivity index (χ3v) is 4.68. The zero-order valence-electron chi connectivity index (χ0n) is 17.6. The second-order valence-corrected chi connectivity index (χ2v) is 7.29. The molecule has 160 valence electrons. The Morgan fingerprint density at radius 3 is 2.58 bits per heavy atom. The van der Waals surface area contributed by atoms with Gasteiger partial charge in [0, 0.05) is 31.0 Å². The van der Waals surface area contributed by atoms with Crippen LogP contribution >= 0.6 is 0 Å². The van der Waals surface area contributed by atoms with Gasteiger partial charge in [-0.3, -0.25) is 14.6 Å². The maximum Gasteiger partial charge on any atom is 0.257 e. The minimum absolute atomic E-state index is 0.0181. The molecule has 0 aliphatic carbocycles. The zero-order chi connectivity index (χ0) is 21.9. The molecule has 6 heteroatoms. The van der Waals surface area contributed by atoms with Crippen molar-refractivity contribution in [1.29, 1.82) is 0 Å². The maximum absolute atomic E-state index is 12.1. The molecule has 0 bridgehead atoms. The molecule has 0 saturated heterocycles. The van der Waals surface area contributed by atoms with Gasteiger partial charge in [-0.25, -0.2) is 0 Å². The highest BCUT2D eigenvalue weighted by atomic mass is 16.5. The lowest BCUT2D eigenvalue weighted by molar-refractivity contribution is -0.121. The Labute approximate surface area is 182 Å². The Balaban J connectivity index is 1.32. The van der Waals surface area contributed by atoms with E-state index in [2.05, 4.69) is 15.6 Å². The van der Waals surface area contributed by atoms with Gasteiger partial charge in [-0.1, -0.05) is 24.3 Å². The summed E-state index contributed by atoms with van der Waals surface area (Å²) in [5.74, 6) is 0.676. The van der Waals surface area contributed by atoms with Crippen LogP contribution in [0.25, 0.3) is 0 Å². The van der Waals surface area contributed by atoms with Crippen LogP contribution in [0.4, 0.5) is 5.69 Å². The van der Waals surface area contributed by atoms with E-state index >= 15 is 0 Å². The number of ether oxygens (including phenoxy) is 1. The number of benzene rings is 2. The van der Waals surface area contributed by atoms with Gasteiger partial charge in [-0.05, 0) is 67.3 Å². The molecule has 2 amide bonds. The minimum Gasteiger partial charge on any atom is -0.494 e. The molecule has 0 aliphatic heterocycles. The van der Waals surface area contributed by atoms with E-state index in [4.69, 9.17) is 4.74 Å². The molecule has 3 rings (SSSR count). The number of hydrogen-bond acceptors (Lipinski definition) is 4. The Morgan fingerprint density at radius 1 is 1.00 bits per heavy atom. The van der Waals surface area contributed by atoms with Crippen LogP contribution in [0.3, 0.4) is 0 Å². The molecule has 0 aliphatic rings. The van der Waals surface area contributed by atoms with Crippen molar-refractivity contribution in [3.8, 4) is 5.75 Å². The smallest absolute Gasteiger partial charge is 0.257 e. The molecular formula is C25H27N3O3. The molecule has 1 heterocycles. The summed E-state index contributed by atoms with van der Waals surface area (Å²) in [6, 6.07) is 18.8. The molecule has 2 N–H and O–H groups in total. The standard InChI is InChI=1S/C25H27N3O3/c1-19-6-4-8-23(16-19)31-15-3-2-9-24(29)27-17-20-10-12-22(13-11-20)28-25(30)21-7-5-14-26-18-21/h4-8,10-14,16,18H,2-3,9,15,17H2,1H3,(H,27,29)(H,28,30). The second-order valence-electron chi connectivity index (χ2n) is 7.29. The Kier molecular flexibility index (Phi) is 8.17. The van der Waals surface area contributed by atoms with Crippen LogP contribution in [-0.2, 0) is 11.3 Å². The maximum atomic E-state index is 12.1. The van der Waals surface area contributed by atoms with Crippen LogP contribution in [0.5, 0.6) is 5.75 Å². The molecule has 31 heavy (non-hydrogen) atoms. The molecule has 0 fully saturated rings. The highest BCUT2D eigenvalue weighted by Crippen LogP contribution is 2.13. The first-order valence-corrected chi connectivity index (χ1v) is 10.4. The lowest BCUT2D eigenvalue weighted by Crippen LogP contribution is -2.22. The molecular weight excluding hydrogens is 390 g/mol. The van der Waals surface area contributed by atoms with Gasteiger partial charge in [0.25, 0.3) is 5.91 Å². The van der Waals surface area contributed by atoms with E-state index in [-0.39, 0.29) is 11.8 Å². The Hall–Kier alpha value is -3.67. The summed E-state index contributed by atoms with van der Waals surface area (Å²) in [5.41, 5.74) is 3.33. The molecule has 0 radical (unpaired) electrons. The number of carbonyl (C=O) groups excluding carboxylic acids is 2. The van der Waals surface area contributed by atoms with E-state index in [1.807, 2.05) is 55.5 Å². The van der Waals surface area contributed by atoms with Crippen LogP contribution in [-0.4, -0.2) is 23.4 Å². The number of amides is 2. The Bertz CT molecular complexity index is 988. The quantitative estimate of drug-likeness (QED) is 0.476. The fraction of sp³-hybridized carbons (Fsp3) is 0.240. The summed E-state index contributed by atoms with van der Waals surface area (Å²) in [6.45, 7) is 3.08. The summed E-state index contributed by atoms with van der Waals surface area (Å²) in [7, 11) is 0. The highest BCUT2D eigenvalue weighted by molar-refractivity contribution is 6.04. The molecule has 3 aromatic rings. The first-order valence-electron chi connectivity index (χ1n) is 10.4. The summed E-state index contributed by atoms with van der Waals surface area (Å²) < 4.78 is 5.70. The van der Waals surface area contributed by atoms with Crippen LogP contribution < -0.4 is 15.4 Å². The van der Waals surface area contributed by atoms with E-state index in [9.17, 15) is 9.59 Å². The minimum atomic E-state index is -0.208. The fourth-order valence-electron chi connectivity index (χ4n) is 2.98. The van der Waals surface area contributed by atoms with Crippen molar-refractivity contribution < 1.29 is 14.3 Å². The Morgan fingerprint density at radius 2 is 1.84 bits per heavy atom. The van der Waals surface area contributed by atoms with Gasteiger partial charge in [0.2, 0.25) is 5.91 Å². The van der Waals surface area contributed by atoms with E-state index in [0.717, 1.165) is 24.2 Å². The molecule has 2 aromatic carbocycles.